The molecule has 6 nitrogen and oxygen atoms in total. The number of carbonyl (C=O) groups is 1. The number of rotatable bonds is 3. The lowest BCUT2D eigenvalue weighted by Gasteiger charge is -2.27. The quantitative estimate of drug-likeness (QED) is 0.687. The van der Waals surface area contributed by atoms with Gasteiger partial charge in [0.05, 0.1) is 24.5 Å². The summed E-state index contributed by atoms with van der Waals surface area (Å²) >= 11 is 3.49. The number of amides is 1. The number of anilines is 2. The van der Waals surface area contributed by atoms with E-state index in [-0.39, 0.29) is 5.91 Å². The Kier molecular flexibility index (Phi) is 5.05. The second-order valence-corrected chi connectivity index (χ2v) is 7.33. The molecule has 1 aliphatic rings. The summed E-state index contributed by atoms with van der Waals surface area (Å²) in [4.78, 5) is 23.9. The normalized spacial score (nSPS) is 14.4. The zero-order valence-corrected chi connectivity index (χ0v) is 16.5. The maximum atomic E-state index is 13.1. The molecule has 1 fully saturated rings. The summed E-state index contributed by atoms with van der Waals surface area (Å²) in [6, 6.07) is 11.7. The van der Waals surface area contributed by atoms with Crippen LogP contribution in [0.2, 0.25) is 0 Å². The van der Waals surface area contributed by atoms with Crippen LogP contribution in [0.4, 0.5) is 11.4 Å². The van der Waals surface area contributed by atoms with Crippen LogP contribution in [0.5, 0.6) is 0 Å². The van der Waals surface area contributed by atoms with Gasteiger partial charge in [-0.1, -0.05) is 22.0 Å². The van der Waals surface area contributed by atoms with Gasteiger partial charge in [0.1, 0.15) is 0 Å². The van der Waals surface area contributed by atoms with Crippen LogP contribution in [0.25, 0.3) is 11.0 Å². The van der Waals surface area contributed by atoms with Crippen molar-refractivity contribution >= 4 is 44.2 Å². The predicted molar refractivity (Wildman–Crippen MR) is 108 cm³/mol. The second kappa shape index (κ2) is 7.62. The van der Waals surface area contributed by atoms with Gasteiger partial charge in [0.2, 0.25) is 0 Å². The first-order valence-electron chi connectivity index (χ1n) is 8.78. The van der Waals surface area contributed by atoms with E-state index in [4.69, 9.17) is 4.74 Å². The first kappa shape index (κ1) is 17.9. The molecule has 1 N–H and O–H groups in total. The lowest BCUT2D eigenvalue weighted by atomic mass is 10.1. The van der Waals surface area contributed by atoms with E-state index in [0.717, 1.165) is 26.9 Å². The highest BCUT2D eigenvalue weighted by Gasteiger charge is 2.23. The number of aryl methyl sites for hydroxylation is 1. The molecule has 4 rings (SSSR count). The van der Waals surface area contributed by atoms with E-state index >= 15 is 0 Å². The average molecular weight is 427 g/mol. The van der Waals surface area contributed by atoms with E-state index in [1.54, 1.807) is 11.1 Å². The topological polar surface area (TPSA) is 67.4 Å². The molecule has 1 aliphatic heterocycles. The van der Waals surface area contributed by atoms with Crippen molar-refractivity contribution in [1.82, 2.24) is 14.9 Å². The molecule has 3 aromatic rings. The van der Waals surface area contributed by atoms with Gasteiger partial charge in [-0.2, -0.15) is 0 Å². The van der Waals surface area contributed by atoms with Crippen molar-refractivity contribution in [3.63, 3.8) is 0 Å². The Balaban J connectivity index is 1.82. The third-order valence-corrected chi connectivity index (χ3v) is 4.98. The number of ether oxygens (including phenoxy) is 1. The zero-order chi connectivity index (χ0) is 18.8. The Hall–Kier alpha value is -2.51. The van der Waals surface area contributed by atoms with Crippen LogP contribution in [0.3, 0.4) is 0 Å². The zero-order valence-electron chi connectivity index (χ0n) is 14.9. The number of benzene rings is 1. The molecule has 0 spiro atoms. The summed E-state index contributed by atoms with van der Waals surface area (Å²) in [7, 11) is 0. The van der Waals surface area contributed by atoms with Crippen LogP contribution >= 0.6 is 15.9 Å². The molecule has 3 heterocycles. The van der Waals surface area contributed by atoms with Crippen LogP contribution < -0.4 is 5.32 Å². The molecule has 1 saturated heterocycles. The third-order valence-electron chi connectivity index (χ3n) is 4.49. The minimum Gasteiger partial charge on any atom is -0.378 e. The Morgan fingerprint density at radius 3 is 2.81 bits per heavy atom. The number of pyridine rings is 2. The van der Waals surface area contributed by atoms with Crippen molar-refractivity contribution < 1.29 is 9.53 Å². The molecule has 138 valence electrons. The van der Waals surface area contributed by atoms with Crippen molar-refractivity contribution in [2.75, 3.05) is 31.6 Å². The van der Waals surface area contributed by atoms with Crippen molar-refractivity contribution in [3.8, 4) is 0 Å². The van der Waals surface area contributed by atoms with Crippen molar-refractivity contribution in [1.29, 1.82) is 0 Å². The number of hydrogen-bond acceptors (Lipinski definition) is 5. The van der Waals surface area contributed by atoms with Gasteiger partial charge in [0, 0.05) is 40.5 Å². The minimum absolute atomic E-state index is 0.0502. The molecule has 1 aromatic carbocycles. The van der Waals surface area contributed by atoms with Crippen molar-refractivity contribution in [3.05, 3.63) is 58.3 Å². The summed E-state index contributed by atoms with van der Waals surface area (Å²) in [5.74, 6) is -0.0502. The fraction of sp³-hybridized carbons (Fsp3) is 0.250. The fourth-order valence-corrected chi connectivity index (χ4v) is 3.52. The van der Waals surface area contributed by atoms with E-state index in [1.165, 1.54) is 0 Å². The van der Waals surface area contributed by atoms with Gasteiger partial charge in [-0.3, -0.25) is 4.79 Å². The summed E-state index contributed by atoms with van der Waals surface area (Å²) in [6.45, 7) is 4.21. The monoisotopic (exact) mass is 426 g/mol. The van der Waals surface area contributed by atoms with E-state index < -0.39 is 0 Å². The molecule has 0 aliphatic carbocycles. The fourth-order valence-electron chi connectivity index (χ4n) is 3.12. The lowest BCUT2D eigenvalue weighted by Crippen LogP contribution is -2.41. The van der Waals surface area contributed by atoms with Crippen LogP contribution in [0.15, 0.2) is 47.1 Å². The number of halogens is 1. The number of aromatic nitrogens is 2. The van der Waals surface area contributed by atoms with Crippen LogP contribution in [-0.4, -0.2) is 47.1 Å². The molecule has 7 heteroatoms. The molecular formula is C20H19BrN4O2. The molecule has 0 bridgehead atoms. The van der Waals surface area contributed by atoms with E-state index in [9.17, 15) is 4.79 Å². The molecule has 0 radical (unpaired) electrons. The molecule has 0 unspecified atom stereocenters. The molecule has 1 amide bonds. The van der Waals surface area contributed by atoms with Crippen LogP contribution in [-0.2, 0) is 4.74 Å². The Bertz CT molecular complexity index is 1000. The van der Waals surface area contributed by atoms with E-state index in [1.807, 2.05) is 43.3 Å². The van der Waals surface area contributed by atoms with E-state index in [0.29, 0.717) is 37.5 Å². The first-order chi connectivity index (χ1) is 13.1. The Morgan fingerprint density at radius 1 is 1.22 bits per heavy atom. The maximum Gasteiger partial charge on any atom is 0.257 e. The van der Waals surface area contributed by atoms with Gasteiger partial charge in [0.25, 0.3) is 5.91 Å². The summed E-state index contributed by atoms with van der Waals surface area (Å²) in [5.41, 5.74) is 3.65. The van der Waals surface area contributed by atoms with Gasteiger partial charge in [-0.25, -0.2) is 9.97 Å². The number of carbonyl (C=O) groups excluding carboxylic acids is 1. The van der Waals surface area contributed by atoms with Gasteiger partial charge in [0.15, 0.2) is 5.65 Å². The maximum absolute atomic E-state index is 13.1. The minimum atomic E-state index is -0.0502. The van der Waals surface area contributed by atoms with Gasteiger partial charge in [-0.15, -0.1) is 0 Å². The average Bonchev–Trinajstić information content (AvgIpc) is 2.68. The van der Waals surface area contributed by atoms with Gasteiger partial charge >= 0.3 is 0 Å². The number of morpholine rings is 1. The summed E-state index contributed by atoms with van der Waals surface area (Å²) < 4.78 is 6.33. The van der Waals surface area contributed by atoms with Crippen molar-refractivity contribution in [2.24, 2.45) is 0 Å². The van der Waals surface area contributed by atoms with Gasteiger partial charge in [-0.05, 0) is 37.3 Å². The third kappa shape index (κ3) is 3.79. The molecule has 2 aromatic heterocycles. The first-order valence-corrected chi connectivity index (χ1v) is 9.57. The largest absolute Gasteiger partial charge is 0.378 e. The summed E-state index contributed by atoms with van der Waals surface area (Å²) in [6.07, 6.45) is 1.62. The smallest absolute Gasteiger partial charge is 0.257 e. The number of nitrogens with one attached hydrogen (secondary N) is 1. The number of nitrogens with zero attached hydrogens (tertiary/aromatic N) is 3. The Morgan fingerprint density at radius 2 is 2.04 bits per heavy atom. The highest BCUT2D eigenvalue weighted by atomic mass is 79.9. The SMILES string of the molecule is Cc1ccc2c(Nc3cccc(Br)c3)c(C(=O)N3CCOCC3)cnc2n1. The Labute approximate surface area is 165 Å². The van der Waals surface area contributed by atoms with E-state index in [2.05, 4.69) is 31.2 Å². The summed E-state index contributed by atoms with van der Waals surface area (Å²) in [5, 5.41) is 4.23. The predicted octanol–water partition coefficient (Wildman–Crippen LogP) is 3.92. The van der Waals surface area contributed by atoms with Crippen molar-refractivity contribution in [2.45, 2.75) is 6.92 Å². The molecular weight excluding hydrogens is 408 g/mol. The molecule has 0 atom stereocenters. The highest BCUT2D eigenvalue weighted by Crippen LogP contribution is 2.30. The van der Waals surface area contributed by atoms with Crippen LogP contribution in [0, 0.1) is 6.92 Å². The number of fused-ring (bicyclic) bond motifs is 1. The van der Waals surface area contributed by atoms with Gasteiger partial charge < -0.3 is 15.0 Å². The molecule has 0 saturated carbocycles. The second-order valence-electron chi connectivity index (χ2n) is 6.41. The highest BCUT2D eigenvalue weighted by molar-refractivity contribution is 9.10. The number of hydrogen-bond donors (Lipinski definition) is 1. The molecule has 27 heavy (non-hydrogen) atoms. The standard InChI is InChI=1S/C20H19BrN4O2/c1-13-5-6-16-18(24-15-4-2-3-14(21)11-15)17(12-22-19(16)23-13)20(26)25-7-9-27-10-8-25/h2-6,11-12H,7-10H2,1H3,(H,22,23,24). The lowest BCUT2D eigenvalue weighted by molar-refractivity contribution is 0.0303. The van der Waals surface area contributed by atoms with Crippen LogP contribution in [0.1, 0.15) is 16.1 Å².